The third-order valence-electron chi connectivity index (χ3n) is 4.18. The third kappa shape index (κ3) is 5.23. The van der Waals surface area contributed by atoms with Crippen LogP contribution in [0.1, 0.15) is 33.2 Å². The minimum Gasteiger partial charge on any atom is -0.322 e. The fourth-order valence-electron chi connectivity index (χ4n) is 2.57. The largest absolute Gasteiger partial charge is 0.322 e. The molecule has 5 nitrogen and oxygen atoms in total. The SMILES string of the molecule is C/C(=N/NC(=O)c1ccccc1F)c1ccc(NC(=O)c2ccc(Cl)cc2Cl)cc1. The van der Waals surface area contributed by atoms with Crippen molar-refractivity contribution in [1.82, 2.24) is 5.43 Å². The Kier molecular flexibility index (Phi) is 6.82. The lowest BCUT2D eigenvalue weighted by Crippen LogP contribution is -2.20. The summed E-state index contributed by atoms with van der Waals surface area (Å²) in [6.07, 6.45) is 0. The number of nitrogens with one attached hydrogen (secondary N) is 2. The molecule has 0 atom stereocenters. The summed E-state index contributed by atoms with van der Waals surface area (Å²) < 4.78 is 13.6. The summed E-state index contributed by atoms with van der Waals surface area (Å²) >= 11 is 11.9. The Bertz CT molecular complexity index is 1130. The van der Waals surface area contributed by atoms with Crippen molar-refractivity contribution in [2.45, 2.75) is 6.92 Å². The van der Waals surface area contributed by atoms with E-state index in [2.05, 4.69) is 15.8 Å². The summed E-state index contributed by atoms with van der Waals surface area (Å²) in [6.45, 7) is 1.70. The first-order valence-electron chi connectivity index (χ1n) is 8.81. The molecule has 3 rings (SSSR count). The molecule has 0 fully saturated rings. The fraction of sp³-hybridized carbons (Fsp3) is 0.0455. The number of carbonyl (C=O) groups excluding carboxylic acids is 2. The lowest BCUT2D eigenvalue weighted by Gasteiger charge is -2.08. The third-order valence-corrected chi connectivity index (χ3v) is 4.73. The van der Waals surface area contributed by atoms with Crippen molar-refractivity contribution in [3.05, 3.63) is 99.3 Å². The van der Waals surface area contributed by atoms with Gasteiger partial charge in [-0.3, -0.25) is 9.59 Å². The van der Waals surface area contributed by atoms with E-state index in [1.54, 1.807) is 49.4 Å². The van der Waals surface area contributed by atoms with E-state index in [9.17, 15) is 14.0 Å². The monoisotopic (exact) mass is 443 g/mol. The molecule has 0 heterocycles. The van der Waals surface area contributed by atoms with Crippen LogP contribution in [-0.2, 0) is 0 Å². The van der Waals surface area contributed by atoms with Crippen molar-refractivity contribution in [3.63, 3.8) is 0 Å². The average molecular weight is 444 g/mol. The molecule has 0 unspecified atom stereocenters. The number of halogens is 3. The van der Waals surface area contributed by atoms with Crippen LogP contribution in [0.3, 0.4) is 0 Å². The molecule has 3 aromatic rings. The molecule has 3 aromatic carbocycles. The second-order valence-corrected chi connectivity index (χ2v) is 7.12. The van der Waals surface area contributed by atoms with Gasteiger partial charge in [0.05, 0.1) is 21.9 Å². The van der Waals surface area contributed by atoms with Crippen LogP contribution in [0, 0.1) is 5.82 Å². The molecule has 8 heteroatoms. The number of carbonyl (C=O) groups is 2. The zero-order valence-electron chi connectivity index (χ0n) is 15.7. The standard InChI is InChI=1S/C22H16Cl2FN3O2/c1-13(27-28-22(30)18-4-2-3-5-20(18)25)14-6-9-16(10-7-14)26-21(29)17-11-8-15(23)12-19(17)24/h2-12H,1H3,(H,26,29)(H,28,30)/b27-13-. The topological polar surface area (TPSA) is 70.6 Å². The molecule has 0 saturated carbocycles. The maximum atomic E-state index is 13.6. The zero-order chi connectivity index (χ0) is 21.7. The maximum Gasteiger partial charge on any atom is 0.274 e. The molecule has 0 aliphatic rings. The predicted molar refractivity (Wildman–Crippen MR) is 117 cm³/mol. The Hall–Kier alpha value is -3.22. The molecule has 0 radical (unpaired) electrons. The van der Waals surface area contributed by atoms with E-state index < -0.39 is 11.7 Å². The lowest BCUT2D eigenvalue weighted by atomic mass is 10.1. The molecule has 0 aliphatic carbocycles. The highest BCUT2D eigenvalue weighted by Crippen LogP contribution is 2.22. The molecule has 0 saturated heterocycles. The quantitative estimate of drug-likeness (QED) is 0.401. The Morgan fingerprint density at radius 3 is 2.27 bits per heavy atom. The minimum absolute atomic E-state index is 0.0898. The van der Waals surface area contributed by atoms with Gasteiger partial charge < -0.3 is 5.32 Å². The Balaban J connectivity index is 1.66. The number of rotatable bonds is 5. The summed E-state index contributed by atoms with van der Waals surface area (Å²) in [7, 11) is 0. The van der Waals surface area contributed by atoms with Gasteiger partial charge in [-0.2, -0.15) is 5.10 Å². The predicted octanol–water partition coefficient (Wildman–Crippen LogP) is 5.54. The molecule has 0 aromatic heterocycles. The normalized spacial score (nSPS) is 11.1. The molecule has 0 spiro atoms. The van der Waals surface area contributed by atoms with Crippen LogP contribution in [0.2, 0.25) is 10.0 Å². The fourth-order valence-corrected chi connectivity index (χ4v) is 3.07. The molecule has 152 valence electrons. The highest BCUT2D eigenvalue weighted by Gasteiger charge is 2.12. The summed E-state index contributed by atoms with van der Waals surface area (Å²) in [4.78, 5) is 24.4. The first-order valence-corrected chi connectivity index (χ1v) is 9.57. The van der Waals surface area contributed by atoms with E-state index >= 15 is 0 Å². The highest BCUT2D eigenvalue weighted by molar-refractivity contribution is 6.37. The number of benzene rings is 3. The van der Waals surface area contributed by atoms with Gasteiger partial charge in [0.2, 0.25) is 0 Å². The van der Waals surface area contributed by atoms with Crippen molar-refractivity contribution in [3.8, 4) is 0 Å². The summed E-state index contributed by atoms with van der Waals surface area (Å²) in [5.74, 6) is -1.63. The Labute approximate surface area is 182 Å². The van der Waals surface area contributed by atoms with E-state index in [-0.39, 0.29) is 16.5 Å². The van der Waals surface area contributed by atoms with Crippen LogP contribution in [-0.4, -0.2) is 17.5 Å². The molecule has 2 amide bonds. The molecule has 2 N–H and O–H groups in total. The number of hydrazone groups is 1. The van der Waals surface area contributed by atoms with Crippen molar-refractivity contribution < 1.29 is 14.0 Å². The number of hydrogen-bond acceptors (Lipinski definition) is 3. The van der Waals surface area contributed by atoms with E-state index in [4.69, 9.17) is 23.2 Å². The molecule has 0 bridgehead atoms. The Morgan fingerprint density at radius 2 is 1.60 bits per heavy atom. The van der Waals surface area contributed by atoms with E-state index in [1.807, 2.05) is 0 Å². The van der Waals surface area contributed by atoms with E-state index in [1.165, 1.54) is 24.3 Å². The van der Waals surface area contributed by atoms with Gasteiger partial charge >= 0.3 is 0 Å². The molecule has 30 heavy (non-hydrogen) atoms. The first kappa shape index (κ1) is 21.5. The second kappa shape index (κ2) is 9.52. The van der Waals surface area contributed by atoms with Gasteiger partial charge in [0.25, 0.3) is 11.8 Å². The van der Waals surface area contributed by atoms with Crippen molar-refractivity contribution in [2.75, 3.05) is 5.32 Å². The highest BCUT2D eigenvalue weighted by atomic mass is 35.5. The van der Waals surface area contributed by atoms with Crippen molar-refractivity contribution >= 4 is 46.4 Å². The zero-order valence-corrected chi connectivity index (χ0v) is 17.3. The van der Waals surface area contributed by atoms with Crippen molar-refractivity contribution in [1.29, 1.82) is 0 Å². The Morgan fingerprint density at radius 1 is 0.900 bits per heavy atom. The minimum atomic E-state index is -0.642. The lowest BCUT2D eigenvalue weighted by molar-refractivity contribution is 0.0950. The second-order valence-electron chi connectivity index (χ2n) is 6.27. The van der Waals surface area contributed by atoms with E-state index in [0.29, 0.717) is 27.5 Å². The van der Waals surface area contributed by atoms with Crippen LogP contribution in [0.4, 0.5) is 10.1 Å². The van der Waals surface area contributed by atoms with Crippen LogP contribution < -0.4 is 10.7 Å². The smallest absolute Gasteiger partial charge is 0.274 e. The van der Waals surface area contributed by atoms with Gasteiger partial charge in [0.15, 0.2) is 0 Å². The van der Waals surface area contributed by atoms with Gasteiger partial charge in [0, 0.05) is 10.7 Å². The van der Waals surface area contributed by atoms with Gasteiger partial charge in [-0.15, -0.1) is 0 Å². The number of amides is 2. The average Bonchev–Trinajstić information content (AvgIpc) is 2.72. The van der Waals surface area contributed by atoms with Gasteiger partial charge in [-0.05, 0) is 55.0 Å². The first-order chi connectivity index (χ1) is 14.3. The van der Waals surface area contributed by atoms with Crippen LogP contribution >= 0.6 is 23.2 Å². The molecule has 0 aliphatic heterocycles. The van der Waals surface area contributed by atoms with Gasteiger partial charge in [-0.25, -0.2) is 9.82 Å². The van der Waals surface area contributed by atoms with Gasteiger partial charge in [0.1, 0.15) is 5.82 Å². The number of hydrogen-bond donors (Lipinski definition) is 2. The van der Waals surface area contributed by atoms with Crippen LogP contribution in [0.25, 0.3) is 0 Å². The van der Waals surface area contributed by atoms with Gasteiger partial charge in [-0.1, -0.05) is 47.5 Å². The molecular formula is C22H16Cl2FN3O2. The summed E-state index contributed by atoms with van der Waals surface area (Å²) in [5.41, 5.74) is 4.33. The molecular weight excluding hydrogens is 428 g/mol. The summed E-state index contributed by atoms with van der Waals surface area (Å²) in [5, 5.41) is 7.45. The maximum absolute atomic E-state index is 13.6. The van der Waals surface area contributed by atoms with Crippen LogP contribution in [0.5, 0.6) is 0 Å². The number of anilines is 1. The van der Waals surface area contributed by atoms with E-state index in [0.717, 1.165) is 0 Å². The summed E-state index contributed by atoms with van der Waals surface area (Å²) in [6, 6.07) is 17.1. The van der Waals surface area contributed by atoms with Crippen LogP contribution in [0.15, 0.2) is 71.8 Å². The number of nitrogens with zero attached hydrogens (tertiary/aromatic N) is 1. The van der Waals surface area contributed by atoms with Crippen molar-refractivity contribution in [2.24, 2.45) is 5.10 Å².